The summed E-state index contributed by atoms with van der Waals surface area (Å²) in [5.74, 6) is 0.705. The van der Waals surface area contributed by atoms with Crippen LogP contribution in [0.25, 0.3) is 0 Å². The number of carbonyl (C=O) groups is 2. The SMILES string of the molecule is COCCNC(=O)[C@H]1CCCN(C2CCN(C(=O)c3nccn3C)CC2)C1. The van der Waals surface area contributed by atoms with Crippen molar-refractivity contribution in [1.29, 1.82) is 0 Å². The molecular weight excluding hydrogens is 346 g/mol. The highest BCUT2D eigenvalue weighted by atomic mass is 16.5. The monoisotopic (exact) mass is 377 g/mol. The van der Waals surface area contributed by atoms with Crippen LogP contribution in [0.15, 0.2) is 12.4 Å². The Morgan fingerprint density at radius 3 is 2.70 bits per heavy atom. The number of aromatic nitrogens is 2. The summed E-state index contributed by atoms with van der Waals surface area (Å²) >= 11 is 0. The molecule has 150 valence electrons. The molecule has 8 heteroatoms. The van der Waals surface area contributed by atoms with Gasteiger partial charge in [-0.2, -0.15) is 0 Å². The number of aryl methyl sites for hydroxylation is 1. The van der Waals surface area contributed by atoms with Crippen LogP contribution in [-0.4, -0.2) is 83.6 Å². The van der Waals surface area contributed by atoms with Crippen LogP contribution >= 0.6 is 0 Å². The van der Waals surface area contributed by atoms with Crippen molar-refractivity contribution in [2.75, 3.05) is 46.4 Å². The molecule has 0 spiro atoms. The highest BCUT2D eigenvalue weighted by Gasteiger charge is 2.33. The molecule has 2 aliphatic heterocycles. The van der Waals surface area contributed by atoms with Gasteiger partial charge in [0, 0.05) is 58.8 Å². The number of imidazole rings is 1. The zero-order valence-corrected chi connectivity index (χ0v) is 16.4. The number of likely N-dealkylation sites (tertiary alicyclic amines) is 2. The minimum atomic E-state index is 0.00925. The molecule has 8 nitrogen and oxygen atoms in total. The summed E-state index contributed by atoms with van der Waals surface area (Å²) in [5, 5.41) is 2.97. The minimum absolute atomic E-state index is 0.00925. The topological polar surface area (TPSA) is 79.7 Å². The van der Waals surface area contributed by atoms with E-state index in [0.717, 1.165) is 51.9 Å². The van der Waals surface area contributed by atoms with Gasteiger partial charge in [-0.3, -0.25) is 14.5 Å². The van der Waals surface area contributed by atoms with Gasteiger partial charge in [0.15, 0.2) is 5.82 Å². The molecule has 2 saturated heterocycles. The molecule has 0 unspecified atom stereocenters. The van der Waals surface area contributed by atoms with Crippen LogP contribution < -0.4 is 5.32 Å². The number of nitrogens with zero attached hydrogens (tertiary/aromatic N) is 4. The lowest BCUT2D eigenvalue weighted by Crippen LogP contribution is -2.51. The Morgan fingerprint density at radius 1 is 1.26 bits per heavy atom. The lowest BCUT2D eigenvalue weighted by Gasteiger charge is -2.41. The van der Waals surface area contributed by atoms with Crippen LogP contribution in [0.4, 0.5) is 0 Å². The van der Waals surface area contributed by atoms with Crippen LogP contribution in [0.2, 0.25) is 0 Å². The fraction of sp³-hybridized carbons (Fsp3) is 0.737. The first kappa shape index (κ1) is 19.8. The van der Waals surface area contributed by atoms with E-state index in [-0.39, 0.29) is 17.7 Å². The molecular formula is C19H31N5O3. The lowest BCUT2D eigenvalue weighted by atomic mass is 9.93. The molecule has 1 N–H and O–H groups in total. The van der Waals surface area contributed by atoms with E-state index >= 15 is 0 Å². The van der Waals surface area contributed by atoms with Crippen LogP contribution in [0, 0.1) is 5.92 Å². The van der Waals surface area contributed by atoms with Crippen molar-refractivity contribution >= 4 is 11.8 Å². The molecule has 3 heterocycles. The first-order valence-corrected chi connectivity index (χ1v) is 9.87. The number of amides is 2. The molecule has 0 radical (unpaired) electrons. The van der Waals surface area contributed by atoms with Crippen LogP contribution in [0.3, 0.4) is 0 Å². The van der Waals surface area contributed by atoms with Gasteiger partial charge in [0.05, 0.1) is 12.5 Å². The summed E-state index contributed by atoms with van der Waals surface area (Å²) in [7, 11) is 3.48. The molecule has 1 atom stereocenters. The second kappa shape index (κ2) is 9.32. The number of hydrogen-bond donors (Lipinski definition) is 1. The molecule has 1 aromatic rings. The standard InChI is InChI=1S/C19H31N5O3/c1-22-12-7-20-17(22)19(26)23-10-5-16(6-11-23)24-9-3-4-15(14-24)18(25)21-8-13-27-2/h7,12,15-16H,3-6,8-11,13-14H2,1-2H3,(H,21,25)/t15-/m0/s1. The fourth-order valence-electron chi connectivity index (χ4n) is 4.12. The van der Waals surface area contributed by atoms with Gasteiger partial charge in [0.1, 0.15) is 0 Å². The van der Waals surface area contributed by atoms with E-state index in [9.17, 15) is 9.59 Å². The van der Waals surface area contributed by atoms with Crippen LogP contribution in [0.5, 0.6) is 0 Å². The predicted molar refractivity (Wildman–Crippen MR) is 101 cm³/mol. The van der Waals surface area contributed by atoms with E-state index < -0.39 is 0 Å². The second-order valence-corrected chi connectivity index (χ2v) is 7.50. The van der Waals surface area contributed by atoms with Crippen molar-refractivity contribution in [3.8, 4) is 0 Å². The van der Waals surface area contributed by atoms with Gasteiger partial charge in [0.25, 0.3) is 5.91 Å². The number of hydrogen-bond acceptors (Lipinski definition) is 5. The molecule has 2 aliphatic rings. The Hall–Kier alpha value is -1.93. The molecule has 0 aromatic carbocycles. The summed E-state index contributed by atoms with van der Waals surface area (Å²) in [5.41, 5.74) is 0. The van der Waals surface area contributed by atoms with Gasteiger partial charge in [-0.1, -0.05) is 0 Å². The van der Waals surface area contributed by atoms with Crippen molar-refractivity contribution in [1.82, 2.24) is 24.7 Å². The third kappa shape index (κ3) is 4.87. The van der Waals surface area contributed by atoms with Crippen molar-refractivity contribution in [2.24, 2.45) is 13.0 Å². The summed E-state index contributed by atoms with van der Waals surface area (Å²) in [4.78, 5) is 33.5. The largest absolute Gasteiger partial charge is 0.383 e. The zero-order valence-electron chi connectivity index (χ0n) is 16.4. The molecule has 27 heavy (non-hydrogen) atoms. The Bertz CT molecular complexity index is 639. The number of rotatable bonds is 6. The van der Waals surface area contributed by atoms with Crippen LogP contribution in [0.1, 0.15) is 36.3 Å². The van der Waals surface area contributed by atoms with Gasteiger partial charge >= 0.3 is 0 Å². The third-order valence-corrected chi connectivity index (χ3v) is 5.71. The average molecular weight is 377 g/mol. The summed E-state index contributed by atoms with van der Waals surface area (Å²) in [6, 6.07) is 0.449. The predicted octanol–water partition coefficient (Wildman–Crippen LogP) is 0.499. The number of ether oxygens (including phenoxy) is 1. The van der Waals surface area contributed by atoms with Gasteiger partial charge in [-0.25, -0.2) is 4.98 Å². The fourth-order valence-corrected chi connectivity index (χ4v) is 4.12. The van der Waals surface area contributed by atoms with E-state index in [1.54, 1.807) is 24.1 Å². The van der Waals surface area contributed by atoms with Gasteiger partial charge in [0.2, 0.25) is 5.91 Å². The minimum Gasteiger partial charge on any atom is -0.383 e. The molecule has 1 aromatic heterocycles. The second-order valence-electron chi connectivity index (χ2n) is 7.50. The van der Waals surface area contributed by atoms with Gasteiger partial charge in [-0.15, -0.1) is 0 Å². The summed E-state index contributed by atoms with van der Waals surface area (Å²) < 4.78 is 6.77. The molecule has 2 amide bonds. The maximum atomic E-state index is 12.6. The average Bonchev–Trinajstić information content (AvgIpc) is 3.13. The van der Waals surface area contributed by atoms with E-state index in [0.29, 0.717) is 25.0 Å². The third-order valence-electron chi connectivity index (χ3n) is 5.71. The van der Waals surface area contributed by atoms with E-state index in [4.69, 9.17) is 4.74 Å². The highest BCUT2D eigenvalue weighted by Crippen LogP contribution is 2.24. The Labute approximate surface area is 160 Å². The van der Waals surface area contributed by atoms with Crippen molar-refractivity contribution in [2.45, 2.75) is 31.7 Å². The highest BCUT2D eigenvalue weighted by molar-refractivity contribution is 5.90. The molecule has 3 rings (SSSR count). The van der Waals surface area contributed by atoms with Crippen molar-refractivity contribution < 1.29 is 14.3 Å². The van der Waals surface area contributed by atoms with E-state index in [1.807, 2.05) is 11.9 Å². The van der Waals surface area contributed by atoms with Gasteiger partial charge < -0.3 is 19.5 Å². The van der Waals surface area contributed by atoms with E-state index in [1.165, 1.54) is 0 Å². The molecule has 0 bridgehead atoms. The quantitative estimate of drug-likeness (QED) is 0.731. The lowest BCUT2D eigenvalue weighted by molar-refractivity contribution is -0.127. The Morgan fingerprint density at radius 2 is 2.04 bits per heavy atom. The smallest absolute Gasteiger partial charge is 0.289 e. The zero-order chi connectivity index (χ0) is 19.2. The Kier molecular flexibility index (Phi) is 6.84. The Balaban J connectivity index is 1.48. The first-order chi connectivity index (χ1) is 13.1. The summed E-state index contributed by atoms with van der Waals surface area (Å²) in [6.45, 7) is 4.47. The van der Waals surface area contributed by atoms with Crippen LogP contribution in [-0.2, 0) is 16.6 Å². The first-order valence-electron chi connectivity index (χ1n) is 9.87. The maximum absolute atomic E-state index is 12.6. The number of methoxy groups -OCH3 is 1. The molecule has 2 fully saturated rings. The number of carbonyl (C=O) groups excluding carboxylic acids is 2. The summed E-state index contributed by atoms with van der Waals surface area (Å²) in [6.07, 6.45) is 7.36. The van der Waals surface area contributed by atoms with E-state index in [2.05, 4.69) is 15.2 Å². The van der Waals surface area contributed by atoms with Crippen molar-refractivity contribution in [3.63, 3.8) is 0 Å². The van der Waals surface area contributed by atoms with Gasteiger partial charge in [-0.05, 0) is 32.2 Å². The van der Waals surface area contributed by atoms with Crippen molar-refractivity contribution in [3.05, 3.63) is 18.2 Å². The molecule has 0 aliphatic carbocycles. The molecule has 0 saturated carbocycles. The number of nitrogens with one attached hydrogen (secondary N) is 1. The maximum Gasteiger partial charge on any atom is 0.289 e. The number of piperidine rings is 2. The normalized spacial score (nSPS) is 22.0.